The second kappa shape index (κ2) is 5.13. The Hall–Kier alpha value is -2.68. The Kier molecular flexibility index (Phi) is 3.17. The first kappa shape index (κ1) is 12.4. The van der Waals surface area contributed by atoms with E-state index in [1.165, 1.54) is 6.33 Å². The summed E-state index contributed by atoms with van der Waals surface area (Å²) in [5, 5.41) is 10.3. The molecule has 2 aromatic carbocycles. The topological polar surface area (TPSA) is 46.0 Å². The SMILES string of the molecule is Cc1cccc(-c2c(O)cccc2-c2cncnc2)c1. The Morgan fingerprint density at radius 2 is 1.65 bits per heavy atom. The molecule has 3 heteroatoms. The van der Waals surface area contributed by atoms with Crippen molar-refractivity contribution in [2.24, 2.45) is 0 Å². The van der Waals surface area contributed by atoms with Gasteiger partial charge in [-0.15, -0.1) is 0 Å². The molecular weight excluding hydrogens is 248 g/mol. The Bertz CT molecular complexity index is 739. The van der Waals surface area contributed by atoms with E-state index in [1.807, 2.05) is 37.3 Å². The predicted octanol–water partition coefficient (Wildman–Crippen LogP) is 3.82. The number of rotatable bonds is 2. The number of hydrogen-bond acceptors (Lipinski definition) is 3. The predicted molar refractivity (Wildman–Crippen MR) is 79.3 cm³/mol. The maximum Gasteiger partial charge on any atom is 0.124 e. The summed E-state index contributed by atoms with van der Waals surface area (Å²) in [4.78, 5) is 8.10. The van der Waals surface area contributed by atoms with Crippen molar-refractivity contribution in [2.75, 3.05) is 0 Å². The molecule has 20 heavy (non-hydrogen) atoms. The van der Waals surface area contributed by atoms with Gasteiger partial charge in [-0.05, 0) is 24.1 Å². The fourth-order valence-corrected chi connectivity index (χ4v) is 2.32. The number of nitrogens with zero attached hydrogens (tertiary/aromatic N) is 2. The number of phenols is 1. The van der Waals surface area contributed by atoms with Gasteiger partial charge in [-0.2, -0.15) is 0 Å². The quantitative estimate of drug-likeness (QED) is 0.763. The highest BCUT2D eigenvalue weighted by molar-refractivity contribution is 5.87. The van der Waals surface area contributed by atoms with E-state index in [4.69, 9.17) is 0 Å². The molecular formula is C17H14N2O. The largest absolute Gasteiger partial charge is 0.507 e. The lowest BCUT2D eigenvalue weighted by Crippen LogP contribution is -1.88. The number of aromatic hydroxyl groups is 1. The van der Waals surface area contributed by atoms with Crippen LogP contribution in [0.3, 0.4) is 0 Å². The Balaban J connectivity index is 2.25. The highest BCUT2D eigenvalue weighted by Gasteiger charge is 2.12. The summed E-state index contributed by atoms with van der Waals surface area (Å²) in [6.07, 6.45) is 5.00. The van der Waals surface area contributed by atoms with Crippen LogP contribution in [0, 0.1) is 6.92 Å². The van der Waals surface area contributed by atoms with Crippen molar-refractivity contribution >= 4 is 0 Å². The van der Waals surface area contributed by atoms with Crippen molar-refractivity contribution in [1.82, 2.24) is 9.97 Å². The molecule has 1 heterocycles. The third-order valence-corrected chi connectivity index (χ3v) is 3.22. The maximum atomic E-state index is 10.3. The first-order valence-electron chi connectivity index (χ1n) is 6.40. The van der Waals surface area contributed by atoms with Gasteiger partial charge in [0.05, 0.1) is 0 Å². The highest BCUT2D eigenvalue weighted by atomic mass is 16.3. The van der Waals surface area contributed by atoms with Crippen molar-refractivity contribution in [3.63, 3.8) is 0 Å². The molecule has 1 N–H and O–H groups in total. The highest BCUT2D eigenvalue weighted by Crippen LogP contribution is 2.38. The minimum atomic E-state index is 0.261. The summed E-state index contributed by atoms with van der Waals surface area (Å²) in [5.41, 5.74) is 4.77. The van der Waals surface area contributed by atoms with Gasteiger partial charge in [-0.3, -0.25) is 0 Å². The van der Waals surface area contributed by atoms with Crippen LogP contribution in [0.25, 0.3) is 22.3 Å². The van der Waals surface area contributed by atoms with Gasteiger partial charge in [-0.1, -0.05) is 42.0 Å². The number of aryl methyl sites for hydroxylation is 1. The van der Waals surface area contributed by atoms with Gasteiger partial charge in [0.25, 0.3) is 0 Å². The zero-order valence-corrected chi connectivity index (χ0v) is 11.1. The van der Waals surface area contributed by atoms with Crippen molar-refractivity contribution in [3.8, 4) is 28.0 Å². The average Bonchev–Trinajstić information content (AvgIpc) is 2.48. The second-order valence-corrected chi connectivity index (χ2v) is 4.70. The summed E-state index contributed by atoms with van der Waals surface area (Å²) in [6, 6.07) is 13.6. The molecule has 0 bridgehead atoms. The summed E-state index contributed by atoms with van der Waals surface area (Å²) < 4.78 is 0. The van der Waals surface area contributed by atoms with Crippen LogP contribution in [0.1, 0.15) is 5.56 Å². The molecule has 0 saturated heterocycles. The summed E-state index contributed by atoms with van der Waals surface area (Å²) in [7, 11) is 0. The molecule has 0 aliphatic carbocycles. The van der Waals surface area contributed by atoms with Crippen LogP contribution in [-0.2, 0) is 0 Å². The number of aromatic nitrogens is 2. The molecule has 1 aromatic heterocycles. The van der Waals surface area contributed by atoms with Crippen LogP contribution in [0.2, 0.25) is 0 Å². The van der Waals surface area contributed by atoms with Crippen LogP contribution >= 0.6 is 0 Å². The standard InChI is InChI=1S/C17H14N2O/c1-12-4-2-5-13(8-12)17-15(6-3-7-16(17)20)14-9-18-11-19-10-14/h2-11,20H,1H3. The molecule has 0 spiro atoms. The Morgan fingerprint density at radius 1 is 0.900 bits per heavy atom. The lowest BCUT2D eigenvalue weighted by atomic mass is 9.94. The van der Waals surface area contributed by atoms with Crippen LogP contribution in [-0.4, -0.2) is 15.1 Å². The third-order valence-electron chi connectivity index (χ3n) is 3.22. The molecule has 0 fully saturated rings. The van der Waals surface area contributed by atoms with E-state index in [2.05, 4.69) is 16.0 Å². The molecule has 0 radical (unpaired) electrons. The van der Waals surface area contributed by atoms with Gasteiger partial charge < -0.3 is 5.11 Å². The summed E-state index contributed by atoms with van der Waals surface area (Å²) in [6.45, 7) is 2.04. The zero-order valence-electron chi connectivity index (χ0n) is 11.1. The van der Waals surface area contributed by atoms with Crippen molar-refractivity contribution in [3.05, 3.63) is 66.7 Å². The molecule has 0 atom stereocenters. The van der Waals surface area contributed by atoms with Crippen LogP contribution < -0.4 is 0 Å². The second-order valence-electron chi connectivity index (χ2n) is 4.70. The van der Waals surface area contributed by atoms with E-state index in [9.17, 15) is 5.11 Å². The smallest absolute Gasteiger partial charge is 0.124 e. The van der Waals surface area contributed by atoms with Gasteiger partial charge in [0.2, 0.25) is 0 Å². The van der Waals surface area contributed by atoms with Gasteiger partial charge in [0, 0.05) is 23.5 Å². The maximum absolute atomic E-state index is 10.3. The molecule has 0 saturated carbocycles. The molecule has 0 aliphatic heterocycles. The summed E-state index contributed by atoms with van der Waals surface area (Å²) >= 11 is 0. The molecule has 3 aromatic rings. The first-order valence-corrected chi connectivity index (χ1v) is 6.40. The van der Waals surface area contributed by atoms with E-state index in [0.717, 1.165) is 27.8 Å². The molecule has 3 nitrogen and oxygen atoms in total. The lowest BCUT2D eigenvalue weighted by molar-refractivity contribution is 0.477. The minimum Gasteiger partial charge on any atom is -0.507 e. The van der Waals surface area contributed by atoms with Crippen LogP contribution in [0.5, 0.6) is 5.75 Å². The number of benzene rings is 2. The molecule has 0 amide bonds. The first-order chi connectivity index (χ1) is 9.75. The summed E-state index contributed by atoms with van der Waals surface area (Å²) in [5.74, 6) is 0.261. The van der Waals surface area contributed by atoms with Crippen molar-refractivity contribution in [1.29, 1.82) is 0 Å². The van der Waals surface area contributed by atoms with Gasteiger partial charge in [0.1, 0.15) is 12.1 Å². The van der Waals surface area contributed by atoms with E-state index in [0.29, 0.717) is 0 Å². The Morgan fingerprint density at radius 3 is 2.40 bits per heavy atom. The van der Waals surface area contributed by atoms with E-state index >= 15 is 0 Å². The fraction of sp³-hybridized carbons (Fsp3) is 0.0588. The van der Waals surface area contributed by atoms with Crippen molar-refractivity contribution < 1.29 is 5.11 Å². The van der Waals surface area contributed by atoms with Crippen LogP contribution in [0.4, 0.5) is 0 Å². The van der Waals surface area contributed by atoms with Gasteiger partial charge >= 0.3 is 0 Å². The zero-order chi connectivity index (χ0) is 13.9. The minimum absolute atomic E-state index is 0.261. The molecule has 0 aliphatic rings. The normalized spacial score (nSPS) is 10.4. The fourth-order valence-electron chi connectivity index (χ4n) is 2.32. The monoisotopic (exact) mass is 262 g/mol. The number of phenolic OH excluding ortho intramolecular Hbond substituents is 1. The van der Waals surface area contributed by atoms with E-state index in [-0.39, 0.29) is 5.75 Å². The average molecular weight is 262 g/mol. The van der Waals surface area contributed by atoms with E-state index < -0.39 is 0 Å². The molecule has 98 valence electrons. The number of hydrogen-bond donors (Lipinski definition) is 1. The lowest BCUT2D eigenvalue weighted by Gasteiger charge is -2.12. The third kappa shape index (κ3) is 2.26. The van der Waals surface area contributed by atoms with Crippen LogP contribution in [0.15, 0.2) is 61.2 Å². The molecule has 0 unspecified atom stereocenters. The Labute approximate surface area is 117 Å². The van der Waals surface area contributed by atoms with Gasteiger partial charge in [-0.25, -0.2) is 9.97 Å². The van der Waals surface area contributed by atoms with Gasteiger partial charge in [0.15, 0.2) is 0 Å². The molecule has 3 rings (SSSR count). The van der Waals surface area contributed by atoms with Crippen molar-refractivity contribution in [2.45, 2.75) is 6.92 Å². The van der Waals surface area contributed by atoms with E-state index in [1.54, 1.807) is 18.5 Å².